The Morgan fingerprint density at radius 2 is 1.21 bits per heavy atom. The molecule has 0 fully saturated rings. The average Bonchev–Trinajstić information content (AvgIpc) is 2.76. The Morgan fingerprint density at radius 1 is 0.697 bits per heavy atom. The number of amides is 3. The Labute approximate surface area is 209 Å². The summed E-state index contributed by atoms with van der Waals surface area (Å²) in [6, 6.07) is 0. The van der Waals surface area contributed by atoms with Crippen molar-refractivity contribution in [3.8, 4) is 0 Å². The van der Waals surface area contributed by atoms with E-state index in [1.807, 2.05) is 29.5 Å². The van der Waals surface area contributed by atoms with Gasteiger partial charge in [-0.15, -0.1) is 0 Å². The number of halogens is 1. The lowest BCUT2D eigenvalue weighted by atomic mass is 10.3. The highest BCUT2D eigenvalue weighted by Gasteiger charge is 2.16. The van der Waals surface area contributed by atoms with Crippen LogP contribution in [0.2, 0.25) is 0 Å². The van der Waals surface area contributed by atoms with Crippen LogP contribution in [0.25, 0.3) is 0 Å². The first kappa shape index (κ1) is 31.6. The maximum absolute atomic E-state index is 12.0. The van der Waals surface area contributed by atoms with Crippen molar-refractivity contribution in [2.45, 2.75) is 43.6 Å². The molecule has 0 saturated heterocycles. The molecule has 0 saturated carbocycles. The van der Waals surface area contributed by atoms with E-state index in [2.05, 4.69) is 16.0 Å². The summed E-state index contributed by atoms with van der Waals surface area (Å²) in [5.74, 6) is -0.505. The third-order valence-electron chi connectivity index (χ3n) is 3.93. The monoisotopic (exact) mass is 587 g/mol. The topological polar surface area (TPSA) is 141 Å². The van der Waals surface area contributed by atoms with Gasteiger partial charge in [-0.2, -0.15) is 0 Å². The van der Waals surface area contributed by atoms with Crippen LogP contribution in [0.15, 0.2) is 0 Å². The quantitative estimate of drug-likeness (QED) is 0.0713. The Bertz CT molecular complexity index is 566. The van der Waals surface area contributed by atoms with Crippen molar-refractivity contribution in [3.05, 3.63) is 0 Å². The molecular weight excluding hydrogens is 549 g/mol. The Morgan fingerprint density at radius 3 is 1.76 bits per heavy atom. The molecule has 0 spiro atoms. The number of carbonyl (C=O) groups is 4. The first-order valence-electron chi connectivity index (χ1n) is 11.1. The summed E-state index contributed by atoms with van der Waals surface area (Å²) >= 11 is 1.85. The molecule has 12 heteroatoms. The average molecular weight is 587 g/mol. The van der Waals surface area contributed by atoms with E-state index in [0.29, 0.717) is 72.2 Å². The summed E-state index contributed by atoms with van der Waals surface area (Å²) in [6.07, 6.45) is 1.85. The maximum Gasteiger partial charge on any atom is 0.252 e. The molecule has 0 aliphatic heterocycles. The Kier molecular flexibility index (Phi) is 21.5. The smallest absolute Gasteiger partial charge is 0.252 e. The number of hydrogen-bond donors (Lipinski definition) is 3. The van der Waals surface area contributed by atoms with E-state index < -0.39 is 4.05 Å². The van der Waals surface area contributed by atoms with Crippen LogP contribution in [0.1, 0.15) is 39.5 Å². The zero-order chi connectivity index (χ0) is 24.7. The van der Waals surface area contributed by atoms with E-state index in [4.69, 9.17) is 18.9 Å². The molecular formula is C21H38IN3O8. The number of ether oxygens (including phenoxy) is 4. The maximum atomic E-state index is 12.0. The summed E-state index contributed by atoms with van der Waals surface area (Å²) in [4.78, 5) is 45.9. The highest BCUT2D eigenvalue weighted by molar-refractivity contribution is 14.1. The van der Waals surface area contributed by atoms with Crippen molar-refractivity contribution in [2.24, 2.45) is 0 Å². The molecule has 3 N–H and O–H groups in total. The van der Waals surface area contributed by atoms with Crippen LogP contribution >= 0.6 is 22.6 Å². The molecule has 0 aromatic rings. The van der Waals surface area contributed by atoms with E-state index in [9.17, 15) is 19.2 Å². The molecule has 0 aliphatic rings. The zero-order valence-electron chi connectivity index (χ0n) is 19.6. The number of alkyl halides is 1. The molecule has 3 amide bonds. The number of Topliss-reactive ketones (excluding diaryl/α,β-unsaturated/α-hetero) is 1. The van der Waals surface area contributed by atoms with Crippen LogP contribution in [-0.4, -0.2) is 93.5 Å². The molecule has 0 rings (SSSR count). The fraction of sp³-hybridized carbons (Fsp3) is 0.810. The first-order chi connectivity index (χ1) is 15.9. The second kappa shape index (κ2) is 22.4. The van der Waals surface area contributed by atoms with Gasteiger partial charge in [0.25, 0.3) is 5.91 Å². The number of carbonyl (C=O) groups excluding carboxylic acids is 4. The van der Waals surface area contributed by atoms with E-state index in [1.54, 1.807) is 0 Å². The normalized spacial score (nSPS) is 11.6. The minimum atomic E-state index is -0.698. The molecule has 192 valence electrons. The van der Waals surface area contributed by atoms with Crippen molar-refractivity contribution in [3.63, 3.8) is 0 Å². The molecule has 0 aliphatic carbocycles. The molecule has 11 nitrogen and oxygen atoms in total. The lowest BCUT2D eigenvalue weighted by Gasteiger charge is -2.13. The second-order valence-electron chi connectivity index (χ2n) is 6.97. The zero-order valence-corrected chi connectivity index (χ0v) is 21.8. The van der Waals surface area contributed by atoms with Gasteiger partial charge in [0.1, 0.15) is 5.78 Å². The fourth-order valence-corrected chi connectivity index (χ4v) is 2.79. The van der Waals surface area contributed by atoms with Crippen LogP contribution < -0.4 is 16.0 Å². The number of rotatable bonds is 22. The van der Waals surface area contributed by atoms with E-state index in [0.717, 1.165) is 6.42 Å². The van der Waals surface area contributed by atoms with Crippen LogP contribution in [0.5, 0.6) is 0 Å². The minimum absolute atomic E-state index is 0.0164. The van der Waals surface area contributed by atoms with E-state index in [1.165, 1.54) is 6.92 Å². The van der Waals surface area contributed by atoms with Crippen molar-refractivity contribution in [2.75, 3.05) is 65.9 Å². The van der Waals surface area contributed by atoms with Crippen molar-refractivity contribution >= 4 is 46.1 Å². The molecule has 33 heavy (non-hydrogen) atoms. The minimum Gasteiger partial charge on any atom is -0.379 e. The molecule has 0 heterocycles. The van der Waals surface area contributed by atoms with Gasteiger partial charge in [-0.1, -0.05) is 6.92 Å². The second-order valence-corrected chi connectivity index (χ2v) is 8.22. The van der Waals surface area contributed by atoms with Gasteiger partial charge in [0.15, 0.2) is 4.05 Å². The molecule has 0 bridgehead atoms. The van der Waals surface area contributed by atoms with Gasteiger partial charge in [0.2, 0.25) is 11.8 Å². The van der Waals surface area contributed by atoms with Gasteiger partial charge >= 0.3 is 0 Å². The summed E-state index contributed by atoms with van der Waals surface area (Å²) in [7, 11) is 0. The SMILES string of the molecule is CCCC(=O)NCCOCCOCCC(=O)NC(I)C(=O)NCCOCCOCCC(C)=O. The number of nitrogens with one attached hydrogen (secondary N) is 3. The Balaban J connectivity index is 3.54. The molecule has 1 atom stereocenters. The molecule has 0 radical (unpaired) electrons. The molecule has 0 aromatic carbocycles. The van der Waals surface area contributed by atoms with Crippen LogP contribution in [-0.2, 0) is 38.1 Å². The predicted octanol–water partition coefficient (Wildman–Crippen LogP) is 0.332. The van der Waals surface area contributed by atoms with Crippen LogP contribution in [0, 0.1) is 0 Å². The van der Waals surface area contributed by atoms with Crippen molar-refractivity contribution in [1.82, 2.24) is 16.0 Å². The highest BCUT2D eigenvalue weighted by Crippen LogP contribution is 1.97. The van der Waals surface area contributed by atoms with E-state index in [-0.39, 0.29) is 36.5 Å². The fourth-order valence-electron chi connectivity index (χ4n) is 2.22. The van der Waals surface area contributed by atoms with E-state index >= 15 is 0 Å². The van der Waals surface area contributed by atoms with Gasteiger partial charge in [-0.3, -0.25) is 19.2 Å². The third kappa shape index (κ3) is 22.2. The lowest BCUT2D eigenvalue weighted by molar-refractivity contribution is -0.127. The standard InChI is InChI=1S/C21H38IN3O8/c1-3-4-18(27)23-7-11-32-16-14-31-10-6-19(28)25-20(22)21(29)24-8-12-33-15-13-30-9-5-17(2)26/h20H,3-16H2,1-2H3,(H,23,27)(H,24,29)(H,25,28). The van der Waals surface area contributed by atoms with Gasteiger partial charge in [-0.25, -0.2) is 0 Å². The lowest BCUT2D eigenvalue weighted by Crippen LogP contribution is -2.44. The van der Waals surface area contributed by atoms with Crippen molar-refractivity contribution < 1.29 is 38.1 Å². The first-order valence-corrected chi connectivity index (χ1v) is 12.4. The molecule has 0 aromatic heterocycles. The van der Waals surface area contributed by atoms with Crippen molar-refractivity contribution in [1.29, 1.82) is 0 Å². The van der Waals surface area contributed by atoms with Gasteiger partial charge in [0.05, 0.1) is 52.9 Å². The summed E-state index contributed by atoms with van der Waals surface area (Å²) in [5.41, 5.74) is 0. The number of hydrogen-bond acceptors (Lipinski definition) is 8. The number of ketones is 1. The van der Waals surface area contributed by atoms with Crippen LogP contribution in [0.3, 0.4) is 0 Å². The van der Waals surface area contributed by atoms with Crippen LogP contribution in [0.4, 0.5) is 0 Å². The van der Waals surface area contributed by atoms with Gasteiger partial charge in [-0.05, 0) is 35.9 Å². The predicted molar refractivity (Wildman–Crippen MR) is 130 cm³/mol. The van der Waals surface area contributed by atoms with Gasteiger partial charge < -0.3 is 34.9 Å². The highest BCUT2D eigenvalue weighted by atomic mass is 127. The third-order valence-corrected chi connectivity index (χ3v) is 4.80. The summed E-state index contributed by atoms with van der Waals surface area (Å²) in [5, 5.41) is 8.02. The molecule has 1 unspecified atom stereocenters. The Hall–Kier alpha value is -1.35. The summed E-state index contributed by atoms with van der Waals surface area (Å²) in [6.45, 7) is 7.03. The largest absolute Gasteiger partial charge is 0.379 e. The summed E-state index contributed by atoms with van der Waals surface area (Å²) < 4.78 is 20.5. The van der Waals surface area contributed by atoms with Gasteiger partial charge in [0, 0.05) is 32.4 Å².